The quantitative estimate of drug-likeness (QED) is 0.778. The highest BCUT2D eigenvalue weighted by molar-refractivity contribution is 5.68. The number of nitrogens with one attached hydrogen (secondary N) is 2. The summed E-state index contributed by atoms with van der Waals surface area (Å²) >= 11 is 0. The first-order chi connectivity index (χ1) is 13.3. The molecule has 2 aliphatic heterocycles. The van der Waals surface area contributed by atoms with E-state index in [2.05, 4.69) is 21.6 Å². The van der Waals surface area contributed by atoms with Gasteiger partial charge in [0.05, 0.1) is 17.7 Å². The lowest BCUT2D eigenvalue weighted by molar-refractivity contribution is 0.0473. The maximum absolute atomic E-state index is 12.3. The molecule has 152 valence electrons. The predicted octanol–water partition coefficient (Wildman–Crippen LogP) is 1.98. The van der Waals surface area contributed by atoms with Crippen LogP contribution in [0.3, 0.4) is 0 Å². The lowest BCUT2D eigenvalue weighted by Crippen LogP contribution is -2.48. The molecule has 1 amide bonds. The number of fused-ring (bicyclic) bond motifs is 1. The maximum atomic E-state index is 12.3. The Morgan fingerprint density at radius 3 is 2.50 bits per heavy atom. The molecule has 2 unspecified atom stereocenters. The molecule has 2 saturated heterocycles. The average Bonchev–Trinajstić information content (AvgIpc) is 3.20. The molecule has 1 aromatic rings. The Morgan fingerprint density at radius 1 is 1.29 bits per heavy atom. The molecule has 0 saturated carbocycles. The highest BCUT2D eigenvalue weighted by atomic mass is 16.6. The van der Waals surface area contributed by atoms with Gasteiger partial charge in [-0.2, -0.15) is 5.26 Å². The van der Waals surface area contributed by atoms with Crippen molar-refractivity contribution in [3.05, 3.63) is 29.8 Å². The fourth-order valence-corrected chi connectivity index (χ4v) is 3.85. The first-order valence-corrected chi connectivity index (χ1v) is 9.88. The number of alkyl carbamates (subject to hydrolysis) is 1. The van der Waals surface area contributed by atoms with Gasteiger partial charge >= 0.3 is 6.09 Å². The van der Waals surface area contributed by atoms with Crippen molar-refractivity contribution < 1.29 is 14.3 Å². The van der Waals surface area contributed by atoms with Gasteiger partial charge in [0.2, 0.25) is 0 Å². The van der Waals surface area contributed by atoms with Crippen molar-refractivity contribution in [2.45, 2.75) is 32.4 Å². The molecule has 0 aromatic heterocycles. The molecule has 0 spiro atoms. The number of carbonyl (C=O) groups is 1. The van der Waals surface area contributed by atoms with E-state index in [1.807, 2.05) is 20.8 Å². The second-order valence-electron chi connectivity index (χ2n) is 8.69. The minimum atomic E-state index is -0.543. The normalized spacial score (nSPS) is 22.9. The van der Waals surface area contributed by atoms with Crippen molar-refractivity contribution in [3.8, 4) is 11.8 Å². The second-order valence-corrected chi connectivity index (χ2v) is 8.69. The zero-order chi connectivity index (χ0) is 20.1. The minimum absolute atomic E-state index is 0.183. The van der Waals surface area contributed by atoms with Gasteiger partial charge < -0.3 is 25.0 Å². The maximum Gasteiger partial charge on any atom is 0.408 e. The van der Waals surface area contributed by atoms with Gasteiger partial charge in [0.1, 0.15) is 18.0 Å². The van der Waals surface area contributed by atoms with Crippen LogP contribution in [0.4, 0.5) is 4.79 Å². The van der Waals surface area contributed by atoms with Gasteiger partial charge in [0.25, 0.3) is 0 Å². The molecule has 2 heterocycles. The van der Waals surface area contributed by atoms with Crippen molar-refractivity contribution in [1.29, 1.82) is 5.26 Å². The number of carbonyl (C=O) groups excluding carboxylic acids is 1. The van der Waals surface area contributed by atoms with E-state index < -0.39 is 11.7 Å². The summed E-state index contributed by atoms with van der Waals surface area (Å²) < 4.78 is 11.3. The number of nitriles is 1. The third-order valence-corrected chi connectivity index (χ3v) is 5.10. The smallest absolute Gasteiger partial charge is 0.408 e. The van der Waals surface area contributed by atoms with Gasteiger partial charge in [0.15, 0.2) is 0 Å². The summed E-state index contributed by atoms with van der Waals surface area (Å²) in [6, 6.07) is 8.90. The molecular formula is C21H30N4O3. The van der Waals surface area contributed by atoms with Crippen LogP contribution in [0.1, 0.15) is 26.3 Å². The van der Waals surface area contributed by atoms with E-state index in [4.69, 9.17) is 14.7 Å². The van der Waals surface area contributed by atoms with Crippen molar-refractivity contribution in [1.82, 2.24) is 15.5 Å². The number of likely N-dealkylation sites (tertiary alicyclic amines) is 1. The molecule has 3 atom stereocenters. The van der Waals surface area contributed by atoms with E-state index in [0.29, 0.717) is 29.8 Å². The third kappa shape index (κ3) is 5.85. The van der Waals surface area contributed by atoms with Gasteiger partial charge in [-0.25, -0.2) is 4.79 Å². The summed E-state index contributed by atoms with van der Waals surface area (Å²) in [7, 11) is 0. The summed E-state index contributed by atoms with van der Waals surface area (Å²) in [4.78, 5) is 14.7. The van der Waals surface area contributed by atoms with Crippen molar-refractivity contribution in [2.24, 2.45) is 11.8 Å². The Hall–Kier alpha value is -2.30. The van der Waals surface area contributed by atoms with Gasteiger partial charge in [0, 0.05) is 19.6 Å². The third-order valence-electron chi connectivity index (χ3n) is 5.10. The van der Waals surface area contributed by atoms with Crippen LogP contribution >= 0.6 is 0 Å². The predicted molar refractivity (Wildman–Crippen MR) is 106 cm³/mol. The number of ether oxygens (including phenoxy) is 2. The SMILES string of the molecule is CC(C)(C)OC(=O)N[C@H](COc1ccc(C#N)cc1)CN1CC2CNCC2C1. The summed E-state index contributed by atoms with van der Waals surface area (Å²) in [6.45, 7) is 10.9. The molecule has 2 N–H and O–H groups in total. The molecule has 2 aliphatic rings. The summed E-state index contributed by atoms with van der Waals surface area (Å²) in [5.74, 6) is 2.07. The fourth-order valence-electron chi connectivity index (χ4n) is 3.85. The first-order valence-electron chi connectivity index (χ1n) is 9.88. The molecular weight excluding hydrogens is 356 g/mol. The van der Waals surface area contributed by atoms with E-state index in [-0.39, 0.29) is 6.04 Å². The van der Waals surface area contributed by atoms with Crippen molar-refractivity contribution >= 4 is 6.09 Å². The molecule has 0 bridgehead atoms. The molecule has 7 heteroatoms. The second kappa shape index (κ2) is 8.80. The fraction of sp³-hybridized carbons (Fsp3) is 0.619. The van der Waals surface area contributed by atoms with Crippen LogP contribution in [-0.2, 0) is 4.74 Å². The number of hydrogen-bond acceptors (Lipinski definition) is 6. The van der Waals surface area contributed by atoms with E-state index >= 15 is 0 Å². The number of hydrogen-bond donors (Lipinski definition) is 2. The van der Waals surface area contributed by atoms with Crippen LogP contribution in [0.25, 0.3) is 0 Å². The average molecular weight is 386 g/mol. The molecule has 28 heavy (non-hydrogen) atoms. The van der Waals surface area contributed by atoms with E-state index in [1.54, 1.807) is 24.3 Å². The lowest BCUT2D eigenvalue weighted by Gasteiger charge is -2.27. The summed E-state index contributed by atoms with van der Waals surface area (Å²) in [5.41, 5.74) is 0.0480. The van der Waals surface area contributed by atoms with Crippen molar-refractivity contribution in [3.63, 3.8) is 0 Å². The number of nitrogens with zero attached hydrogens (tertiary/aromatic N) is 2. The Bertz CT molecular complexity index is 696. The zero-order valence-corrected chi connectivity index (χ0v) is 16.9. The van der Waals surface area contributed by atoms with Crippen LogP contribution in [0.5, 0.6) is 5.75 Å². The topological polar surface area (TPSA) is 86.6 Å². The molecule has 0 aliphatic carbocycles. The molecule has 0 radical (unpaired) electrons. The minimum Gasteiger partial charge on any atom is -0.491 e. The molecule has 2 fully saturated rings. The summed E-state index contributed by atoms with van der Waals surface area (Å²) in [6.07, 6.45) is -0.429. The van der Waals surface area contributed by atoms with Gasteiger partial charge in [-0.15, -0.1) is 0 Å². The monoisotopic (exact) mass is 386 g/mol. The summed E-state index contributed by atoms with van der Waals surface area (Å²) in [5, 5.41) is 15.3. The largest absolute Gasteiger partial charge is 0.491 e. The number of rotatable bonds is 6. The molecule has 1 aromatic carbocycles. The van der Waals surface area contributed by atoms with Gasteiger partial charge in [-0.05, 0) is 70.0 Å². The standard InChI is InChI=1S/C21H30N4O3/c1-21(2,3)28-20(26)24-18(13-25-11-16-9-23-10-17(16)12-25)14-27-19-6-4-15(8-22)5-7-19/h4-7,16-18,23H,9-14H2,1-3H3,(H,24,26)/t16?,17?,18-/m0/s1. The van der Waals surface area contributed by atoms with Crippen LogP contribution in [-0.4, -0.2) is 62.0 Å². The van der Waals surface area contributed by atoms with E-state index in [9.17, 15) is 4.79 Å². The van der Waals surface area contributed by atoms with Crippen LogP contribution in [0.2, 0.25) is 0 Å². The van der Waals surface area contributed by atoms with E-state index in [0.717, 1.165) is 32.7 Å². The Balaban J connectivity index is 1.58. The van der Waals surface area contributed by atoms with Gasteiger partial charge in [-0.3, -0.25) is 0 Å². The molecule has 7 nitrogen and oxygen atoms in total. The number of benzene rings is 1. The first kappa shape index (κ1) is 20.4. The van der Waals surface area contributed by atoms with Crippen molar-refractivity contribution in [2.75, 3.05) is 39.3 Å². The Morgan fingerprint density at radius 2 is 1.93 bits per heavy atom. The lowest BCUT2D eigenvalue weighted by atomic mass is 10.0. The Kier molecular flexibility index (Phi) is 6.42. The zero-order valence-electron chi connectivity index (χ0n) is 16.9. The molecule has 3 rings (SSSR count). The van der Waals surface area contributed by atoms with E-state index in [1.165, 1.54) is 0 Å². The van der Waals surface area contributed by atoms with Crippen LogP contribution < -0.4 is 15.4 Å². The van der Waals surface area contributed by atoms with Crippen LogP contribution in [0, 0.1) is 23.2 Å². The highest BCUT2D eigenvalue weighted by Crippen LogP contribution is 2.26. The van der Waals surface area contributed by atoms with Crippen LogP contribution in [0.15, 0.2) is 24.3 Å². The highest BCUT2D eigenvalue weighted by Gasteiger charge is 2.37. The van der Waals surface area contributed by atoms with Gasteiger partial charge in [-0.1, -0.05) is 0 Å². The Labute approximate surface area is 167 Å². The number of amides is 1.